The zero-order valence-electron chi connectivity index (χ0n) is 12.2. The maximum atomic E-state index is 9.48. The topological polar surface area (TPSA) is 63.0 Å². The van der Waals surface area contributed by atoms with E-state index in [0.717, 1.165) is 22.5 Å². The lowest BCUT2D eigenvalue weighted by atomic mass is 10.2. The van der Waals surface area contributed by atoms with Crippen molar-refractivity contribution in [2.24, 2.45) is 0 Å². The Hall–Kier alpha value is -2.11. The first-order valence-electron chi connectivity index (χ1n) is 7.11. The standard InChI is InChI=1S/C16H17ClN4O/c1-11(22)8-19-16-20-13-4-2-3-5-14(13)21(16)10-12-6-7-15(17)18-9-12/h2-7,9,11,22H,8,10H2,1H3,(H,19,20). The van der Waals surface area contributed by atoms with E-state index in [-0.39, 0.29) is 0 Å². The van der Waals surface area contributed by atoms with Gasteiger partial charge in [-0.1, -0.05) is 29.8 Å². The van der Waals surface area contributed by atoms with Gasteiger partial charge in [-0.2, -0.15) is 0 Å². The first-order valence-corrected chi connectivity index (χ1v) is 7.49. The Morgan fingerprint density at radius 3 is 2.82 bits per heavy atom. The summed E-state index contributed by atoms with van der Waals surface area (Å²) in [6.45, 7) is 2.82. The number of fused-ring (bicyclic) bond motifs is 1. The van der Waals surface area contributed by atoms with Crippen molar-refractivity contribution in [2.75, 3.05) is 11.9 Å². The number of aromatic nitrogens is 3. The minimum absolute atomic E-state index is 0.439. The van der Waals surface area contributed by atoms with Crippen LogP contribution in [0.3, 0.4) is 0 Å². The van der Waals surface area contributed by atoms with Crippen molar-refractivity contribution in [2.45, 2.75) is 19.6 Å². The first-order chi connectivity index (χ1) is 10.6. The van der Waals surface area contributed by atoms with Crippen molar-refractivity contribution < 1.29 is 5.11 Å². The van der Waals surface area contributed by atoms with Gasteiger partial charge in [-0.05, 0) is 30.7 Å². The highest BCUT2D eigenvalue weighted by molar-refractivity contribution is 6.29. The Kier molecular flexibility index (Phi) is 4.27. The van der Waals surface area contributed by atoms with Crippen molar-refractivity contribution >= 4 is 28.6 Å². The molecule has 0 amide bonds. The number of nitrogens with one attached hydrogen (secondary N) is 1. The van der Waals surface area contributed by atoms with Crippen molar-refractivity contribution in [1.82, 2.24) is 14.5 Å². The molecule has 2 aromatic heterocycles. The van der Waals surface area contributed by atoms with E-state index in [9.17, 15) is 5.11 Å². The second-order valence-corrected chi connectivity index (χ2v) is 5.62. The molecule has 22 heavy (non-hydrogen) atoms. The normalized spacial score (nSPS) is 12.5. The van der Waals surface area contributed by atoms with Gasteiger partial charge in [0.2, 0.25) is 5.95 Å². The number of hydrogen-bond acceptors (Lipinski definition) is 4. The molecular weight excluding hydrogens is 300 g/mol. The van der Waals surface area contributed by atoms with E-state index >= 15 is 0 Å². The van der Waals surface area contributed by atoms with Crippen molar-refractivity contribution in [1.29, 1.82) is 0 Å². The molecule has 0 aliphatic heterocycles. The highest BCUT2D eigenvalue weighted by atomic mass is 35.5. The molecule has 0 radical (unpaired) electrons. The highest BCUT2D eigenvalue weighted by Gasteiger charge is 2.11. The number of aliphatic hydroxyl groups is 1. The molecule has 2 N–H and O–H groups in total. The minimum atomic E-state index is -0.439. The molecule has 114 valence electrons. The maximum Gasteiger partial charge on any atom is 0.204 e. The molecule has 0 aliphatic carbocycles. The first kappa shape index (κ1) is 14.8. The number of pyridine rings is 1. The van der Waals surface area contributed by atoms with Gasteiger partial charge in [0.15, 0.2) is 0 Å². The molecule has 1 unspecified atom stereocenters. The molecule has 2 heterocycles. The van der Waals surface area contributed by atoms with Crippen LogP contribution in [0.4, 0.5) is 5.95 Å². The number of nitrogens with zero attached hydrogens (tertiary/aromatic N) is 3. The summed E-state index contributed by atoms with van der Waals surface area (Å²) in [6, 6.07) is 11.7. The van der Waals surface area contributed by atoms with Gasteiger partial charge >= 0.3 is 0 Å². The summed E-state index contributed by atoms with van der Waals surface area (Å²) < 4.78 is 2.07. The SMILES string of the molecule is CC(O)CNc1nc2ccccc2n1Cc1ccc(Cl)nc1. The lowest BCUT2D eigenvalue weighted by Gasteiger charge is -2.12. The number of imidazole rings is 1. The fourth-order valence-corrected chi connectivity index (χ4v) is 2.40. The van der Waals surface area contributed by atoms with Gasteiger partial charge in [-0.25, -0.2) is 9.97 Å². The minimum Gasteiger partial charge on any atom is -0.392 e. The lowest BCUT2D eigenvalue weighted by Crippen LogP contribution is -2.18. The number of anilines is 1. The van der Waals surface area contributed by atoms with Gasteiger partial charge in [0.05, 0.1) is 23.7 Å². The van der Waals surface area contributed by atoms with E-state index < -0.39 is 6.10 Å². The van der Waals surface area contributed by atoms with Crippen molar-refractivity contribution in [3.05, 3.63) is 53.3 Å². The molecule has 3 rings (SSSR count). The van der Waals surface area contributed by atoms with Gasteiger partial charge in [0.1, 0.15) is 5.15 Å². The quantitative estimate of drug-likeness (QED) is 0.710. The predicted octanol–water partition coefficient (Wildman–Crippen LogP) is 2.93. The van der Waals surface area contributed by atoms with E-state index in [1.165, 1.54) is 0 Å². The fraction of sp³-hybridized carbons (Fsp3) is 0.250. The molecule has 0 fully saturated rings. The van der Waals surface area contributed by atoms with Crippen LogP contribution in [0.5, 0.6) is 0 Å². The van der Waals surface area contributed by atoms with Crippen LogP contribution in [-0.4, -0.2) is 32.3 Å². The van der Waals surface area contributed by atoms with Crippen LogP contribution in [0.1, 0.15) is 12.5 Å². The summed E-state index contributed by atoms with van der Waals surface area (Å²) in [4.78, 5) is 8.71. The Morgan fingerprint density at radius 1 is 1.27 bits per heavy atom. The molecule has 3 aromatic rings. The largest absolute Gasteiger partial charge is 0.392 e. The van der Waals surface area contributed by atoms with Crippen molar-refractivity contribution in [3.8, 4) is 0 Å². The van der Waals surface area contributed by atoms with E-state index in [2.05, 4.69) is 19.9 Å². The number of aliphatic hydroxyl groups excluding tert-OH is 1. The summed E-state index contributed by atoms with van der Waals surface area (Å²) in [6.07, 6.45) is 1.32. The number of para-hydroxylation sites is 2. The summed E-state index contributed by atoms with van der Waals surface area (Å²) in [5.74, 6) is 0.733. The van der Waals surface area contributed by atoms with Gasteiger partial charge in [0.25, 0.3) is 0 Å². The maximum absolute atomic E-state index is 9.48. The van der Waals surface area contributed by atoms with Crippen LogP contribution >= 0.6 is 11.6 Å². The Morgan fingerprint density at radius 2 is 2.09 bits per heavy atom. The summed E-state index contributed by atoms with van der Waals surface area (Å²) in [5.41, 5.74) is 2.98. The Labute approximate surface area is 133 Å². The number of rotatable bonds is 5. The molecule has 1 aromatic carbocycles. The zero-order chi connectivity index (χ0) is 15.5. The molecule has 0 saturated heterocycles. The van der Waals surface area contributed by atoms with Crippen molar-refractivity contribution in [3.63, 3.8) is 0 Å². The molecule has 0 aliphatic rings. The van der Waals surface area contributed by atoms with Crippen LogP contribution < -0.4 is 5.32 Å². The summed E-state index contributed by atoms with van der Waals surface area (Å²) in [7, 11) is 0. The molecule has 0 saturated carbocycles. The van der Waals surface area contributed by atoms with Crippen LogP contribution in [0, 0.1) is 0 Å². The second-order valence-electron chi connectivity index (χ2n) is 5.23. The Balaban J connectivity index is 1.97. The number of hydrogen-bond donors (Lipinski definition) is 2. The third-order valence-electron chi connectivity index (χ3n) is 3.34. The average Bonchev–Trinajstić information content (AvgIpc) is 2.85. The highest BCUT2D eigenvalue weighted by Crippen LogP contribution is 2.21. The van der Waals surface area contributed by atoms with Gasteiger partial charge < -0.3 is 15.0 Å². The average molecular weight is 317 g/mol. The second kappa shape index (κ2) is 6.34. The van der Waals surface area contributed by atoms with Crippen LogP contribution in [-0.2, 0) is 6.54 Å². The van der Waals surface area contributed by atoms with Crippen LogP contribution in [0.25, 0.3) is 11.0 Å². The number of benzene rings is 1. The molecule has 6 heteroatoms. The molecule has 0 bridgehead atoms. The molecular formula is C16H17ClN4O. The van der Waals surface area contributed by atoms with E-state index in [0.29, 0.717) is 18.2 Å². The fourth-order valence-electron chi connectivity index (χ4n) is 2.29. The lowest BCUT2D eigenvalue weighted by molar-refractivity contribution is 0.208. The van der Waals surface area contributed by atoms with Gasteiger partial charge in [-0.15, -0.1) is 0 Å². The summed E-state index contributed by atoms with van der Waals surface area (Å²) >= 11 is 5.83. The van der Waals surface area contributed by atoms with E-state index in [1.807, 2.05) is 30.3 Å². The molecule has 5 nitrogen and oxygen atoms in total. The monoisotopic (exact) mass is 316 g/mol. The third-order valence-corrected chi connectivity index (χ3v) is 3.56. The zero-order valence-corrected chi connectivity index (χ0v) is 13.0. The Bertz CT molecular complexity index is 767. The van der Waals surface area contributed by atoms with E-state index in [1.54, 1.807) is 19.2 Å². The smallest absolute Gasteiger partial charge is 0.204 e. The predicted molar refractivity (Wildman–Crippen MR) is 88.3 cm³/mol. The van der Waals surface area contributed by atoms with E-state index in [4.69, 9.17) is 11.6 Å². The van der Waals surface area contributed by atoms with Gasteiger partial charge in [-0.3, -0.25) is 0 Å². The van der Waals surface area contributed by atoms with Crippen LogP contribution in [0.2, 0.25) is 5.15 Å². The third kappa shape index (κ3) is 3.21. The number of halogens is 1. The van der Waals surface area contributed by atoms with Gasteiger partial charge in [0, 0.05) is 12.7 Å². The molecule has 0 spiro atoms. The van der Waals surface area contributed by atoms with Crippen LogP contribution in [0.15, 0.2) is 42.6 Å². The summed E-state index contributed by atoms with van der Waals surface area (Å²) in [5, 5.41) is 13.1. The molecule has 1 atom stereocenters.